The Bertz CT molecular complexity index is 1590. The topological polar surface area (TPSA) is 122 Å². The number of fused-ring (bicyclic) bond motifs is 2. The third-order valence-corrected chi connectivity index (χ3v) is 8.86. The highest BCUT2D eigenvalue weighted by molar-refractivity contribution is 6.30. The molecule has 4 heterocycles. The Morgan fingerprint density at radius 3 is 2.47 bits per heavy atom. The lowest BCUT2D eigenvalue weighted by Crippen LogP contribution is -2.64. The van der Waals surface area contributed by atoms with E-state index >= 15 is 0 Å². The molecule has 3 aromatic rings. The number of primary amides is 1. The molecule has 13 heteroatoms. The van der Waals surface area contributed by atoms with Crippen molar-refractivity contribution >= 4 is 40.8 Å². The molecule has 0 radical (unpaired) electrons. The number of rotatable bonds is 7. The summed E-state index contributed by atoms with van der Waals surface area (Å²) < 4.78 is 41.1. The molecule has 2 aliphatic heterocycles. The van der Waals surface area contributed by atoms with Crippen LogP contribution in [-0.4, -0.2) is 53.4 Å². The molecule has 0 unspecified atom stereocenters. The number of carbonyl (C=O) groups excluding carboxylic acids is 3. The van der Waals surface area contributed by atoms with Gasteiger partial charge in [0.2, 0.25) is 11.8 Å². The van der Waals surface area contributed by atoms with Gasteiger partial charge in [0.25, 0.3) is 12.3 Å². The number of hydrogen-bond donors (Lipinski definition) is 2. The molecule has 1 saturated heterocycles. The summed E-state index contributed by atoms with van der Waals surface area (Å²) in [5.41, 5.74) is 5.24. The number of halogens is 4. The zero-order chi connectivity index (χ0) is 30.5. The maximum absolute atomic E-state index is 14.4. The zero-order valence-electron chi connectivity index (χ0n) is 22.9. The van der Waals surface area contributed by atoms with Crippen LogP contribution in [0.3, 0.4) is 0 Å². The van der Waals surface area contributed by atoms with E-state index in [1.165, 1.54) is 24.4 Å². The predicted octanol–water partition coefficient (Wildman–Crippen LogP) is 4.40. The zero-order valence-corrected chi connectivity index (χ0v) is 23.7. The second kappa shape index (κ2) is 11.1. The first-order valence-corrected chi connectivity index (χ1v) is 14.3. The normalized spacial score (nSPS) is 20.7. The molecule has 0 atom stereocenters. The molecule has 9 nitrogen and oxygen atoms in total. The lowest BCUT2D eigenvalue weighted by molar-refractivity contribution is -0.124. The smallest absolute Gasteiger partial charge is 0.281 e. The molecule has 2 fully saturated rings. The van der Waals surface area contributed by atoms with E-state index in [2.05, 4.69) is 15.3 Å². The largest absolute Gasteiger partial charge is 0.366 e. The van der Waals surface area contributed by atoms with Gasteiger partial charge in [-0.15, -0.1) is 0 Å². The Hall–Kier alpha value is -4.19. The first-order valence-electron chi connectivity index (χ1n) is 13.9. The van der Waals surface area contributed by atoms with Crippen molar-refractivity contribution in [3.8, 4) is 0 Å². The van der Waals surface area contributed by atoms with Crippen LogP contribution in [0.1, 0.15) is 64.1 Å². The number of hydrogen-bond acceptors (Lipinski definition) is 6. The van der Waals surface area contributed by atoms with Gasteiger partial charge in [-0.1, -0.05) is 17.7 Å². The number of benzene rings is 1. The van der Waals surface area contributed by atoms with Gasteiger partial charge in [0.05, 0.1) is 21.8 Å². The molecule has 3 N–H and O–H groups in total. The second-order valence-corrected chi connectivity index (χ2v) is 11.8. The number of amides is 3. The Labute approximate surface area is 250 Å². The highest BCUT2D eigenvalue weighted by Gasteiger charge is 2.58. The van der Waals surface area contributed by atoms with Crippen molar-refractivity contribution in [2.45, 2.75) is 43.6 Å². The molecule has 0 bridgehead atoms. The minimum atomic E-state index is -2.91. The van der Waals surface area contributed by atoms with Gasteiger partial charge in [-0.25, -0.2) is 18.2 Å². The van der Waals surface area contributed by atoms with E-state index in [4.69, 9.17) is 17.3 Å². The summed E-state index contributed by atoms with van der Waals surface area (Å²) >= 11 is 5.89. The van der Waals surface area contributed by atoms with E-state index in [0.29, 0.717) is 56.8 Å². The van der Waals surface area contributed by atoms with Gasteiger partial charge in [-0.3, -0.25) is 19.4 Å². The second-order valence-electron chi connectivity index (χ2n) is 11.4. The molecule has 1 saturated carbocycles. The summed E-state index contributed by atoms with van der Waals surface area (Å²) in [5, 5.41) is 2.92. The Kier molecular flexibility index (Phi) is 7.49. The highest BCUT2D eigenvalue weighted by Crippen LogP contribution is 2.49. The lowest BCUT2D eigenvalue weighted by atomic mass is 9.74. The summed E-state index contributed by atoms with van der Waals surface area (Å²) in [7, 11) is 0. The SMILES string of the molecule is NC(=O)c1ccc(N2CC3(C2)C(=O)N(CC2CCC(NC(=O)c4cc(Cl)cnc4C(F)F)CC2)c2cc(F)ccc23)nc1. The summed E-state index contributed by atoms with van der Waals surface area (Å²) in [4.78, 5) is 49.6. The maximum Gasteiger partial charge on any atom is 0.281 e. The average Bonchev–Trinajstić information content (AvgIpc) is 3.19. The molecule has 3 amide bonds. The van der Waals surface area contributed by atoms with Crippen molar-refractivity contribution in [1.29, 1.82) is 0 Å². The third kappa shape index (κ3) is 5.28. The lowest BCUT2D eigenvalue weighted by Gasteiger charge is -2.47. The van der Waals surface area contributed by atoms with Gasteiger partial charge in [-0.05, 0) is 67.5 Å². The summed E-state index contributed by atoms with van der Waals surface area (Å²) in [6.45, 7) is 1.13. The fraction of sp³-hybridized carbons (Fsp3) is 0.367. The van der Waals surface area contributed by atoms with Gasteiger partial charge in [0.1, 0.15) is 22.7 Å². The molecule has 224 valence electrons. The van der Waals surface area contributed by atoms with E-state index in [9.17, 15) is 27.6 Å². The van der Waals surface area contributed by atoms with Crippen LogP contribution in [0.25, 0.3) is 0 Å². The van der Waals surface area contributed by atoms with E-state index in [0.717, 1.165) is 11.8 Å². The van der Waals surface area contributed by atoms with Crippen molar-refractivity contribution in [3.63, 3.8) is 0 Å². The minimum Gasteiger partial charge on any atom is -0.366 e. The summed E-state index contributed by atoms with van der Waals surface area (Å²) in [6.07, 6.45) is 2.13. The van der Waals surface area contributed by atoms with E-state index < -0.39 is 35.2 Å². The highest BCUT2D eigenvalue weighted by atomic mass is 35.5. The average molecular weight is 613 g/mol. The third-order valence-electron chi connectivity index (χ3n) is 8.66. The van der Waals surface area contributed by atoms with Crippen molar-refractivity contribution in [1.82, 2.24) is 15.3 Å². The van der Waals surface area contributed by atoms with Crippen molar-refractivity contribution < 1.29 is 27.6 Å². The molecule has 1 aromatic carbocycles. The van der Waals surface area contributed by atoms with Crippen LogP contribution in [0, 0.1) is 11.7 Å². The minimum absolute atomic E-state index is 0.0925. The van der Waals surface area contributed by atoms with Gasteiger partial charge < -0.3 is 20.9 Å². The molecule has 43 heavy (non-hydrogen) atoms. The number of pyridine rings is 2. The standard InChI is InChI=1S/C30H28ClF3N6O3/c31-18-9-21(25(26(33)34)37-12-18)28(42)38-20-5-1-16(2-6-20)13-40-23-10-19(32)4-7-22(23)30(29(40)43)14-39(15-30)24-8-3-17(11-36-24)27(35)41/h3-4,7-12,16,20,26H,1-2,5-6,13-15H2,(H2,35,41)(H,38,42). The maximum atomic E-state index is 14.4. The van der Waals surface area contributed by atoms with Crippen molar-refractivity contribution in [3.05, 3.63) is 82.0 Å². The van der Waals surface area contributed by atoms with Crippen LogP contribution < -0.4 is 20.9 Å². The van der Waals surface area contributed by atoms with Crippen LogP contribution >= 0.6 is 11.6 Å². The Morgan fingerprint density at radius 1 is 1.07 bits per heavy atom. The fourth-order valence-corrected chi connectivity index (χ4v) is 6.56. The van der Waals surface area contributed by atoms with Gasteiger partial charge in [0.15, 0.2) is 0 Å². The molecule has 3 aliphatic rings. The monoisotopic (exact) mass is 612 g/mol. The summed E-state index contributed by atoms with van der Waals surface area (Å²) in [6, 6.07) is 8.67. The molecule has 2 aromatic heterocycles. The van der Waals surface area contributed by atoms with Gasteiger partial charge in [0, 0.05) is 38.1 Å². The first kappa shape index (κ1) is 28.9. The van der Waals surface area contributed by atoms with Crippen molar-refractivity contribution in [2.24, 2.45) is 11.7 Å². The van der Waals surface area contributed by atoms with Gasteiger partial charge >= 0.3 is 0 Å². The number of nitrogens with two attached hydrogens (primary N) is 1. The fourth-order valence-electron chi connectivity index (χ4n) is 6.41. The van der Waals surface area contributed by atoms with E-state index in [1.807, 2.05) is 4.90 Å². The number of nitrogens with zero attached hydrogens (tertiary/aromatic N) is 4. The van der Waals surface area contributed by atoms with Gasteiger partial charge in [-0.2, -0.15) is 0 Å². The number of anilines is 2. The number of nitrogens with one attached hydrogen (secondary N) is 1. The number of carbonyl (C=O) groups is 3. The molecule has 6 rings (SSSR count). The number of alkyl halides is 2. The molecule has 1 spiro atoms. The summed E-state index contributed by atoms with van der Waals surface area (Å²) in [5.74, 6) is -1.04. The first-order chi connectivity index (χ1) is 20.6. The molecule has 1 aliphatic carbocycles. The van der Waals surface area contributed by atoms with Crippen LogP contribution in [0.2, 0.25) is 5.02 Å². The van der Waals surface area contributed by atoms with Crippen molar-refractivity contribution in [2.75, 3.05) is 29.4 Å². The predicted molar refractivity (Wildman–Crippen MR) is 153 cm³/mol. The quantitative estimate of drug-likeness (QED) is 0.408. The van der Waals surface area contributed by atoms with E-state index in [-0.39, 0.29) is 34.0 Å². The Balaban J connectivity index is 1.11. The molecular formula is C30H28ClF3N6O3. The molecular weight excluding hydrogens is 585 g/mol. The Morgan fingerprint density at radius 2 is 1.81 bits per heavy atom. The van der Waals surface area contributed by atoms with Crippen LogP contribution in [0.4, 0.5) is 24.7 Å². The van der Waals surface area contributed by atoms with Crippen LogP contribution in [-0.2, 0) is 10.2 Å². The van der Waals surface area contributed by atoms with E-state index in [1.54, 1.807) is 23.1 Å². The number of aromatic nitrogens is 2. The van der Waals surface area contributed by atoms with Crippen LogP contribution in [0.5, 0.6) is 0 Å². The van der Waals surface area contributed by atoms with Crippen LogP contribution in [0.15, 0.2) is 48.8 Å².